The standard InChI is InChI=1S/C30H40N2O/c1-19(2)21(4)26(30(33)31-6)18-20(3)29-22(5)24-14-9-10-16-27(24)32(29)28-17-11-13-23-12-7-8-15-25(23)28/h7-10,12,14-16,19-21,28,31,33H,11,13,17-18H2,1-6H3/b30-26+/t20?,21-,28?/m1/s1. The van der Waals surface area contributed by atoms with Crippen LogP contribution in [0.2, 0.25) is 0 Å². The van der Waals surface area contributed by atoms with Gasteiger partial charge in [-0.3, -0.25) is 0 Å². The molecule has 3 heteroatoms. The molecule has 0 radical (unpaired) electrons. The van der Waals surface area contributed by atoms with Crippen molar-refractivity contribution >= 4 is 10.9 Å². The number of nitrogens with one attached hydrogen (secondary N) is 1. The number of aliphatic hydroxyl groups is 1. The molecule has 4 rings (SSSR count). The maximum atomic E-state index is 10.8. The molecule has 2 unspecified atom stereocenters. The van der Waals surface area contributed by atoms with Crippen molar-refractivity contribution in [3.8, 4) is 0 Å². The third-order valence-electron chi connectivity index (χ3n) is 7.94. The fourth-order valence-electron chi connectivity index (χ4n) is 5.88. The van der Waals surface area contributed by atoms with Crippen LogP contribution in [0, 0.1) is 18.8 Å². The first-order valence-electron chi connectivity index (χ1n) is 12.6. The molecule has 176 valence electrons. The second-order valence-electron chi connectivity index (χ2n) is 10.3. The average Bonchev–Trinajstić information content (AvgIpc) is 3.13. The van der Waals surface area contributed by atoms with Crippen LogP contribution in [-0.4, -0.2) is 16.7 Å². The molecule has 0 bridgehead atoms. The van der Waals surface area contributed by atoms with Gasteiger partial charge in [-0.2, -0.15) is 0 Å². The molecule has 0 amide bonds. The van der Waals surface area contributed by atoms with Gasteiger partial charge < -0.3 is 15.0 Å². The van der Waals surface area contributed by atoms with Crippen molar-refractivity contribution < 1.29 is 5.11 Å². The summed E-state index contributed by atoms with van der Waals surface area (Å²) >= 11 is 0. The van der Waals surface area contributed by atoms with E-state index >= 15 is 0 Å². The van der Waals surface area contributed by atoms with E-state index in [2.05, 4.69) is 93.0 Å². The molecule has 0 saturated heterocycles. The lowest BCUT2D eigenvalue weighted by Gasteiger charge is -2.32. The minimum absolute atomic E-state index is 0.290. The summed E-state index contributed by atoms with van der Waals surface area (Å²) in [5, 5.41) is 15.1. The van der Waals surface area contributed by atoms with Gasteiger partial charge in [-0.1, -0.05) is 70.2 Å². The Labute approximate surface area is 199 Å². The highest BCUT2D eigenvalue weighted by molar-refractivity contribution is 5.86. The second kappa shape index (κ2) is 9.67. The van der Waals surface area contributed by atoms with Crippen molar-refractivity contribution in [1.29, 1.82) is 0 Å². The molecule has 2 N–H and O–H groups in total. The van der Waals surface area contributed by atoms with Crippen LogP contribution in [0.15, 0.2) is 60.0 Å². The van der Waals surface area contributed by atoms with Gasteiger partial charge in [-0.15, -0.1) is 0 Å². The van der Waals surface area contributed by atoms with E-state index < -0.39 is 0 Å². The van der Waals surface area contributed by atoms with Gasteiger partial charge in [0, 0.05) is 29.6 Å². The van der Waals surface area contributed by atoms with Gasteiger partial charge >= 0.3 is 0 Å². The van der Waals surface area contributed by atoms with Crippen LogP contribution >= 0.6 is 0 Å². The zero-order valence-electron chi connectivity index (χ0n) is 21.2. The molecule has 1 aliphatic carbocycles. The number of rotatable bonds is 7. The molecule has 3 nitrogen and oxygen atoms in total. The molecule has 0 fully saturated rings. The number of fused-ring (bicyclic) bond motifs is 2. The first kappa shape index (κ1) is 23.5. The Morgan fingerprint density at radius 3 is 2.48 bits per heavy atom. The smallest absolute Gasteiger partial charge is 0.183 e. The highest BCUT2D eigenvalue weighted by atomic mass is 16.3. The molecule has 2 aromatic carbocycles. The zero-order chi connectivity index (χ0) is 23.7. The van der Waals surface area contributed by atoms with E-state index in [-0.39, 0.29) is 5.92 Å². The number of aliphatic hydroxyl groups excluding tert-OH is 1. The normalized spacial score (nSPS) is 18.7. The van der Waals surface area contributed by atoms with Gasteiger partial charge in [-0.25, -0.2) is 0 Å². The summed E-state index contributed by atoms with van der Waals surface area (Å²) < 4.78 is 2.64. The number of aromatic nitrogens is 1. The fraction of sp³-hybridized carbons (Fsp3) is 0.467. The predicted molar refractivity (Wildman–Crippen MR) is 140 cm³/mol. The topological polar surface area (TPSA) is 37.2 Å². The molecule has 1 aromatic heterocycles. The molecule has 0 saturated carbocycles. The van der Waals surface area contributed by atoms with E-state index in [1.807, 2.05) is 7.05 Å². The summed E-state index contributed by atoms with van der Waals surface area (Å²) in [6.07, 6.45) is 4.40. The van der Waals surface area contributed by atoms with E-state index in [0.29, 0.717) is 23.8 Å². The lowest BCUT2D eigenvalue weighted by Crippen LogP contribution is -2.22. The number of nitrogens with zero attached hydrogens (tertiary/aromatic N) is 1. The first-order valence-corrected chi connectivity index (χ1v) is 12.6. The van der Waals surface area contributed by atoms with E-state index in [4.69, 9.17) is 0 Å². The van der Waals surface area contributed by atoms with Gasteiger partial charge in [0.15, 0.2) is 5.88 Å². The zero-order valence-corrected chi connectivity index (χ0v) is 21.2. The number of para-hydroxylation sites is 1. The maximum absolute atomic E-state index is 10.8. The van der Waals surface area contributed by atoms with E-state index in [9.17, 15) is 5.11 Å². The third-order valence-corrected chi connectivity index (χ3v) is 7.94. The molecule has 0 aliphatic heterocycles. The highest BCUT2D eigenvalue weighted by Crippen LogP contribution is 2.42. The lowest BCUT2D eigenvalue weighted by molar-refractivity contribution is 0.337. The minimum atomic E-state index is 0.290. The monoisotopic (exact) mass is 444 g/mol. The van der Waals surface area contributed by atoms with Crippen LogP contribution in [0.25, 0.3) is 10.9 Å². The van der Waals surface area contributed by atoms with E-state index in [0.717, 1.165) is 12.0 Å². The summed E-state index contributed by atoms with van der Waals surface area (Å²) in [5.74, 6) is 1.41. The number of benzene rings is 2. The Balaban J connectivity index is 1.86. The molecule has 1 heterocycles. The Bertz CT molecular complexity index is 1150. The van der Waals surface area contributed by atoms with Gasteiger partial charge in [0.25, 0.3) is 0 Å². The third kappa shape index (κ3) is 4.30. The molecule has 0 spiro atoms. The summed E-state index contributed by atoms with van der Waals surface area (Å²) in [6.45, 7) is 11.3. The largest absolute Gasteiger partial charge is 0.495 e. The van der Waals surface area contributed by atoms with Gasteiger partial charge in [0.1, 0.15) is 0 Å². The van der Waals surface area contributed by atoms with Crippen molar-refractivity contribution in [2.75, 3.05) is 7.05 Å². The quantitative estimate of drug-likeness (QED) is 0.367. The number of allylic oxidation sites excluding steroid dienone is 1. The summed E-state index contributed by atoms with van der Waals surface area (Å²) in [7, 11) is 1.81. The maximum Gasteiger partial charge on any atom is 0.183 e. The highest BCUT2D eigenvalue weighted by Gasteiger charge is 2.30. The summed E-state index contributed by atoms with van der Waals surface area (Å²) in [5.41, 5.74) is 8.21. The molecule has 33 heavy (non-hydrogen) atoms. The second-order valence-corrected chi connectivity index (χ2v) is 10.3. The lowest BCUT2D eigenvalue weighted by atomic mass is 9.83. The summed E-state index contributed by atoms with van der Waals surface area (Å²) in [4.78, 5) is 0. The average molecular weight is 445 g/mol. The van der Waals surface area contributed by atoms with Crippen LogP contribution in [0.3, 0.4) is 0 Å². The first-order chi connectivity index (χ1) is 15.8. The van der Waals surface area contributed by atoms with Crippen LogP contribution < -0.4 is 5.32 Å². The van der Waals surface area contributed by atoms with Crippen LogP contribution in [0.1, 0.15) is 81.3 Å². The number of aryl methyl sites for hydroxylation is 2. The molecular formula is C30H40N2O. The Morgan fingerprint density at radius 2 is 1.76 bits per heavy atom. The van der Waals surface area contributed by atoms with Gasteiger partial charge in [0.2, 0.25) is 0 Å². The van der Waals surface area contributed by atoms with Gasteiger partial charge in [-0.05, 0) is 72.8 Å². The summed E-state index contributed by atoms with van der Waals surface area (Å²) in [6, 6.07) is 18.2. The van der Waals surface area contributed by atoms with Crippen molar-refractivity contribution in [2.24, 2.45) is 11.8 Å². The Kier molecular flexibility index (Phi) is 6.88. The van der Waals surface area contributed by atoms with E-state index in [1.54, 1.807) is 0 Å². The Morgan fingerprint density at radius 1 is 1.06 bits per heavy atom. The van der Waals surface area contributed by atoms with Crippen LogP contribution in [0.4, 0.5) is 0 Å². The SMILES string of the molecule is CN/C(O)=C(/CC(C)c1c(C)c2ccccc2n1C1CCCc2ccccc21)[C@H](C)C(C)C. The number of hydrogen-bond donors (Lipinski definition) is 2. The van der Waals surface area contributed by atoms with E-state index in [1.165, 1.54) is 52.5 Å². The molecule has 1 aliphatic rings. The molecule has 3 atom stereocenters. The van der Waals surface area contributed by atoms with Crippen molar-refractivity contribution in [1.82, 2.24) is 9.88 Å². The Hall–Kier alpha value is -2.68. The fourth-order valence-corrected chi connectivity index (χ4v) is 5.88. The van der Waals surface area contributed by atoms with Crippen molar-refractivity contribution in [3.63, 3.8) is 0 Å². The minimum Gasteiger partial charge on any atom is -0.495 e. The van der Waals surface area contributed by atoms with Crippen LogP contribution in [0.5, 0.6) is 0 Å². The molecular weight excluding hydrogens is 404 g/mol. The predicted octanol–water partition coefficient (Wildman–Crippen LogP) is 7.65. The molecule has 3 aromatic rings. The van der Waals surface area contributed by atoms with Crippen LogP contribution in [-0.2, 0) is 6.42 Å². The van der Waals surface area contributed by atoms with Crippen molar-refractivity contribution in [3.05, 3.63) is 82.4 Å². The van der Waals surface area contributed by atoms with Crippen molar-refractivity contribution in [2.45, 2.75) is 72.3 Å². The van der Waals surface area contributed by atoms with Gasteiger partial charge in [0.05, 0.1) is 6.04 Å². The number of hydrogen-bond acceptors (Lipinski definition) is 2.